The van der Waals surface area contributed by atoms with Crippen molar-refractivity contribution in [1.82, 2.24) is 0 Å². The first-order valence-corrected chi connectivity index (χ1v) is 12.6. The maximum atomic E-state index is 13.3. The molecule has 0 N–H and O–H groups in total. The molecule has 0 saturated carbocycles. The van der Waals surface area contributed by atoms with E-state index in [1.54, 1.807) is 53.1 Å². The lowest BCUT2D eigenvalue weighted by atomic mass is 10.1. The molecule has 0 unspecified atom stereocenters. The van der Waals surface area contributed by atoms with Crippen LogP contribution in [0.4, 0.5) is 11.4 Å². The molecule has 0 aromatic heterocycles. The van der Waals surface area contributed by atoms with Crippen molar-refractivity contribution in [2.75, 3.05) is 35.7 Å². The lowest BCUT2D eigenvalue weighted by Crippen LogP contribution is -2.32. The second kappa shape index (κ2) is 9.26. The van der Waals surface area contributed by atoms with Crippen LogP contribution >= 0.6 is 11.8 Å². The molecule has 1 aliphatic heterocycles. The Hall–Kier alpha value is -2.97. The van der Waals surface area contributed by atoms with Gasteiger partial charge >= 0.3 is 0 Å². The lowest BCUT2D eigenvalue weighted by molar-refractivity contribution is 0.0986. The van der Waals surface area contributed by atoms with E-state index in [-0.39, 0.29) is 10.8 Å². The molecule has 0 fully saturated rings. The van der Waals surface area contributed by atoms with Gasteiger partial charge in [0.25, 0.3) is 15.9 Å². The Balaban J connectivity index is 1.61. The summed E-state index contributed by atoms with van der Waals surface area (Å²) < 4.78 is 32.8. The van der Waals surface area contributed by atoms with E-state index in [0.29, 0.717) is 23.5 Å². The number of hydrogen-bond acceptors (Lipinski definition) is 5. The molecule has 0 aliphatic carbocycles. The highest BCUT2D eigenvalue weighted by molar-refractivity contribution is 7.99. The van der Waals surface area contributed by atoms with Crippen molar-refractivity contribution in [2.24, 2.45) is 0 Å². The van der Waals surface area contributed by atoms with Gasteiger partial charge in [-0.3, -0.25) is 9.10 Å². The Kier molecular flexibility index (Phi) is 6.43. The van der Waals surface area contributed by atoms with Gasteiger partial charge in [0.15, 0.2) is 0 Å². The third-order valence-corrected chi connectivity index (χ3v) is 8.30. The van der Waals surface area contributed by atoms with Crippen LogP contribution in [-0.4, -0.2) is 40.8 Å². The Morgan fingerprint density at radius 3 is 2.44 bits per heavy atom. The van der Waals surface area contributed by atoms with E-state index >= 15 is 0 Å². The third-order valence-electron chi connectivity index (χ3n) is 5.37. The number of rotatable bonds is 5. The Labute approximate surface area is 192 Å². The topological polar surface area (TPSA) is 66.9 Å². The van der Waals surface area contributed by atoms with Gasteiger partial charge < -0.3 is 9.64 Å². The number of carbonyl (C=O) groups is 1. The maximum absolute atomic E-state index is 13.3. The number of para-hydroxylation sites is 3. The monoisotopic (exact) mass is 468 g/mol. The molecule has 166 valence electrons. The normalized spacial score (nSPS) is 13.8. The molecule has 3 aromatic carbocycles. The maximum Gasteiger partial charge on any atom is 0.264 e. The predicted octanol–water partition coefficient (Wildman–Crippen LogP) is 4.66. The van der Waals surface area contributed by atoms with Crippen LogP contribution in [0, 0.1) is 0 Å². The smallest absolute Gasteiger partial charge is 0.264 e. The van der Waals surface area contributed by atoms with E-state index in [9.17, 15) is 13.2 Å². The number of benzene rings is 3. The van der Waals surface area contributed by atoms with E-state index in [1.807, 2.05) is 24.3 Å². The second-order valence-electron chi connectivity index (χ2n) is 7.30. The molecular weight excluding hydrogens is 444 g/mol. The van der Waals surface area contributed by atoms with Gasteiger partial charge in [-0.05, 0) is 60.7 Å². The molecule has 8 heteroatoms. The summed E-state index contributed by atoms with van der Waals surface area (Å²) in [5.74, 6) is 1.28. The van der Waals surface area contributed by atoms with Crippen LogP contribution in [0.2, 0.25) is 0 Å². The summed E-state index contributed by atoms with van der Waals surface area (Å²) in [6, 6.07) is 20.9. The zero-order valence-corrected chi connectivity index (χ0v) is 19.5. The predicted molar refractivity (Wildman–Crippen MR) is 128 cm³/mol. The minimum atomic E-state index is -3.82. The molecule has 0 saturated heterocycles. The van der Waals surface area contributed by atoms with Gasteiger partial charge in [0.05, 0.1) is 23.4 Å². The Morgan fingerprint density at radius 1 is 1.00 bits per heavy atom. The van der Waals surface area contributed by atoms with Crippen LogP contribution in [0.1, 0.15) is 16.8 Å². The van der Waals surface area contributed by atoms with E-state index in [4.69, 9.17) is 4.74 Å². The van der Waals surface area contributed by atoms with Gasteiger partial charge in [-0.25, -0.2) is 8.42 Å². The first kappa shape index (κ1) is 22.2. The van der Waals surface area contributed by atoms with Gasteiger partial charge in [-0.1, -0.05) is 24.3 Å². The van der Waals surface area contributed by atoms with E-state index in [2.05, 4.69) is 0 Å². The van der Waals surface area contributed by atoms with Gasteiger partial charge in [-0.15, -0.1) is 11.8 Å². The molecule has 0 spiro atoms. The van der Waals surface area contributed by atoms with Gasteiger partial charge in [-0.2, -0.15) is 0 Å². The average molecular weight is 469 g/mol. The van der Waals surface area contributed by atoms with Crippen LogP contribution in [0.15, 0.2) is 82.6 Å². The number of methoxy groups -OCH3 is 1. The van der Waals surface area contributed by atoms with E-state index < -0.39 is 10.0 Å². The van der Waals surface area contributed by atoms with Gasteiger partial charge in [0, 0.05) is 24.1 Å². The molecule has 4 rings (SSSR count). The fourth-order valence-corrected chi connectivity index (χ4v) is 5.84. The van der Waals surface area contributed by atoms with Crippen molar-refractivity contribution in [3.63, 3.8) is 0 Å². The number of amides is 1. The number of nitrogens with zero attached hydrogens (tertiary/aromatic N) is 2. The fourth-order valence-electron chi connectivity index (χ4n) is 3.64. The Bertz CT molecular complexity index is 1230. The van der Waals surface area contributed by atoms with Gasteiger partial charge in [0.1, 0.15) is 5.75 Å². The van der Waals surface area contributed by atoms with E-state index in [1.165, 1.54) is 30.6 Å². The number of fused-ring (bicyclic) bond motifs is 1. The second-order valence-corrected chi connectivity index (χ2v) is 10.4. The lowest BCUT2D eigenvalue weighted by Gasteiger charge is -2.23. The van der Waals surface area contributed by atoms with Crippen molar-refractivity contribution in [3.05, 3.63) is 78.4 Å². The SMILES string of the molecule is COc1ccccc1N(C)S(=O)(=O)c1ccc(C(=O)N2CCCSc3ccccc32)cc1. The number of thioether (sulfide) groups is 1. The molecule has 0 radical (unpaired) electrons. The molecule has 6 nitrogen and oxygen atoms in total. The molecule has 0 atom stereocenters. The molecule has 1 amide bonds. The zero-order valence-electron chi connectivity index (χ0n) is 17.9. The molecule has 32 heavy (non-hydrogen) atoms. The summed E-state index contributed by atoms with van der Waals surface area (Å²) >= 11 is 1.75. The van der Waals surface area contributed by atoms with Crippen LogP contribution in [-0.2, 0) is 10.0 Å². The highest BCUT2D eigenvalue weighted by atomic mass is 32.2. The summed E-state index contributed by atoms with van der Waals surface area (Å²) in [7, 11) is -0.838. The fraction of sp³-hybridized carbons (Fsp3) is 0.208. The van der Waals surface area contributed by atoms with Crippen molar-refractivity contribution < 1.29 is 17.9 Å². The number of ether oxygens (including phenoxy) is 1. The van der Waals surface area contributed by atoms with Crippen molar-refractivity contribution >= 4 is 39.1 Å². The largest absolute Gasteiger partial charge is 0.495 e. The standard InChI is InChI=1S/C24H24N2O4S2/c1-25(20-8-3-5-10-22(20)30-2)32(28,29)19-14-12-18(13-15-19)24(27)26-16-7-17-31-23-11-6-4-9-21(23)26/h3-6,8-15H,7,16-17H2,1-2H3. The number of hydrogen-bond donors (Lipinski definition) is 0. The summed E-state index contributed by atoms with van der Waals surface area (Å²) in [5.41, 5.74) is 1.78. The molecule has 1 heterocycles. The zero-order chi connectivity index (χ0) is 22.7. The van der Waals surface area contributed by atoms with Gasteiger partial charge in [0.2, 0.25) is 0 Å². The minimum absolute atomic E-state index is 0.106. The van der Waals surface area contributed by atoms with Crippen LogP contribution in [0.25, 0.3) is 0 Å². The number of sulfonamides is 1. The molecular formula is C24H24N2O4S2. The highest BCUT2D eigenvalue weighted by Gasteiger charge is 2.26. The van der Waals surface area contributed by atoms with Crippen LogP contribution < -0.4 is 13.9 Å². The molecule has 1 aliphatic rings. The average Bonchev–Trinajstić information content (AvgIpc) is 3.05. The van der Waals surface area contributed by atoms with Crippen molar-refractivity contribution in [3.8, 4) is 5.75 Å². The van der Waals surface area contributed by atoms with E-state index in [0.717, 1.165) is 22.8 Å². The van der Waals surface area contributed by atoms with Crippen molar-refractivity contribution in [1.29, 1.82) is 0 Å². The third kappa shape index (κ3) is 4.20. The van der Waals surface area contributed by atoms with Crippen LogP contribution in [0.3, 0.4) is 0 Å². The highest BCUT2D eigenvalue weighted by Crippen LogP contribution is 2.35. The summed E-state index contributed by atoms with van der Waals surface area (Å²) in [6.45, 7) is 0.624. The first-order valence-electron chi connectivity index (χ1n) is 10.2. The first-order chi connectivity index (χ1) is 15.4. The van der Waals surface area contributed by atoms with Crippen molar-refractivity contribution in [2.45, 2.75) is 16.2 Å². The minimum Gasteiger partial charge on any atom is -0.495 e. The molecule has 3 aromatic rings. The summed E-state index contributed by atoms with van der Waals surface area (Å²) in [6.07, 6.45) is 0.890. The quantitative estimate of drug-likeness (QED) is 0.545. The summed E-state index contributed by atoms with van der Waals surface area (Å²) in [5, 5.41) is 0. The van der Waals surface area contributed by atoms with Crippen LogP contribution in [0.5, 0.6) is 5.75 Å². The molecule has 0 bridgehead atoms. The summed E-state index contributed by atoms with van der Waals surface area (Å²) in [4.78, 5) is 16.2. The Morgan fingerprint density at radius 2 is 1.69 bits per heavy atom. The number of carbonyl (C=O) groups excluding carboxylic acids is 1. The number of anilines is 2.